The molecule has 0 spiro atoms. The number of aromatic amines is 1. The van der Waals surface area contributed by atoms with Crippen LogP contribution in [0.1, 0.15) is 36.7 Å². The maximum Gasteiger partial charge on any atom is 0.410 e. The van der Waals surface area contributed by atoms with Crippen molar-refractivity contribution >= 4 is 39.9 Å². The summed E-state index contributed by atoms with van der Waals surface area (Å²) in [7, 11) is 0. The second-order valence-corrected chi connectivity index (χ2v) is 10.5. The molecule has 0 aliphatic carbocycles. The molecule has 0 saturated heterocycles. The van der Waals surface area contributed by atoms with Crippen molar-refractivity contribution in [2.24, 2.45) is 5.92 Å². The van der Waals surface area contributed by atoms with E-state index in [0.717, 1.165) is 34.3 Å². The summed E-state index contributed by atoms with van der Waals surface area (Å²) in [6.07, 6.45) is 0.402. The fourth-order valence-corrected chi connectivity index (χ4v) is 5.22. The van der Waals surface area contributed by atoms with Crippen molar-refractivity contribution in [1.29, 1.82) is 5.41 Å². The Hall–Kier alpha value is -3.30. The molecule has 2 N–H and O–H groups in total. The number of carbonyl (C=O) groups is 1. The molecule has 1 aliphatic rings. The summed E-state index contributed by atoms with van der Waals surface area (Å²) in [6, 6.07) is 13.3. The van der Waals surface area contributed by atoms with Gasteiger partial charge in [0.25, 0.3) is 0 Å². The van der Waals surface area contributed by atoms with Crippen molar-refractivity contribution in [3.05, 3.63) is 74.6 Å². The molecular weight excluding hydrogens is 498 g/mol. The van der Waals surface area contributed by atoms with Gasteiger partial charge in [0.15, 0.2) is 4.80 Å². The summed E-state index contributed by atoms with van der Waals surface area (Å²) >= 11 is 7.58. The Morgan fingerprint density at radius 1 is 1.28 bits per heavy atom. The normalized spacial score (nSPS) is 15.3. The third-order valence-electron chi connectivity index (χ3n) is 6.22. The lowest BCUT2D eigenvalue weighted by molar-refractivity contribution is 0.0797. The quantitative estimate of drug-likeness (QED) is 0.338. The van der Waals surface area contributed by atoms with Gasteiger partial charge in [0.1, 0.15) is 23.9 Å². The van der Waals surface area contributed by atoms with Gasteiger partial charge in [-0.2, -0.15) is 5.10 Å². The van der Waals surface area contributed by atoms with Crippen molar-refractivity contribution in [2.45, 2.75) is 32.9 Å². The first-order valence-corrected chi connectivity index (χ1v) is 13.2. The van der Waals surface area contributed by atoms with Crippen LogP contribution in [0.2, 0.25) is 5.02 Å². The second kappa shape index (κ2) is 10.4. The van der Waals surface area contributed by atoms with Gasteiger partial charge in [-0.3, -0.25) is 10.3 Å². The van der Waals surface area contributed by atoms with E-state index in [4.69, 9.17) is 26.5 Å². The molecule has 0 bridgehead atoms. The van der Waals surface area contributed by atoms with E-state index in [2.05, 4.69) is 10.1 Å². The maximum atomic E-state index is 13.1. The third-order valence-corrected chi connectivity index (χ3v) is 7.09. The zero-order chi connectivity index (χ0) is 25.2. The van der Waals surface area contributed by atoms with Gasteiger partial charge in [-0.1, -0.05) is 48.9 Å². The molecule has 0 saturated carbocycles. The molecule has 5 rings (SSSR count). The van der Waals surface area contributed by atoms with Gasteiger partial charge >= 0.3 is 6.09 Å². The Balaban J connectivity index is 1.42. The van der Waals surface area contributed by atoms with E-state index in [1.165, 1.54) is 16.9 Å². The van der Waals surface area contributed by atoms with Crippen molar-refractivity contribution in [3.63, 3.8) is 0 Å². The van der Waals surface area contributed by atoms with Gasteiger partial charge in [0.2, 0.25) is 0 Å². The first-order chi connectivity index (χ1) is 17.4. The monoisotopic (exact) mass is 525 g/mol. The average Bonchev–Trinajstić information content (AvgIpc) is 3.45. The summed E-state index contributed by atoms with van der Waals surface area (Å²) in [6.45, 7) is 5.88. The molecule has 1 aliphatic heterocycles. The number of H-pyrrole nitrogens is 1. The van der Waals surface area contributed by atoms with Crippen LogP contribution in [-0.4, -0.2) is 45.5 Å². The standard InChI is InChI=1S/C26H28ClN5O3S/c1-16(2)14-35-26(33)31-10-9-20-21-13-18(27)5-8-22(21)30-23(20)24(31)17-3-6-19(7-4-17)34-12-11-32-25(28)36-15-29-32/h3-8,13,15-16,24,28,30H,9-12,14H2,1-2H3. The number of hydrogen-bond acceptors (Lipinski definition) is 6. The van der Waals surface area contributed by atoms with Gasteiger partial charge in [-0.05, 0) is 53.8 Å². The second-order valence-electron chi connectivity index (χ2n) is 9.21. The minimum absolute atomic E-state index is 0.257. The maximum absolute atomic E-state index is 13.1. The van der Waals surface area contributed by atoms with Crippen LogP contribution in [0, 0.1) is 11.3 Å². The number of halogens is 1. The molecule has 1 atom stereocenters. The minimum atomic E-state index is -0.317. The van der Waals surface area contributed by atoms with Crippen LogP contribution < -0.4 is 9.54 Å². The molecule has 0 fully saturated rings. The summed E-state index contributed by atoms with van der Waals surface area (Å²) in [5, 5.41) is 13.7. The molecule has 36 heavy (non-hydrogen) atoms. The Morgan fingerprint density at radius 3 is 2.81 bits per heavy atom. The molecule has 10 heteroatoms. The number of benzene rings is 2. The van der Waals surface area contributed by atoms with E-state index in [1.807, 2.05) is 56.3 Å². The van der Waals surface area contributed by atoms with E-state index in [1.54, 1.807) is 15.1 Å². The van der Waals surface area contributed by atoms with Crippen LogP contribution in [0.3, 0.4) is 0 Å². The molecule has 2 aromatic carbocycles. The van der Waals surface area contributed by atoms with E-state index in [9.17, 15) is 4.79 Å². The summed E-state index contributed by atoms with van der Waals surface area (Å²) in [4.78, 5) is 18.9. The predicted octanol–water partition coefficient (Wildman–Crippen LogP) is 5.38. The fourth-order valence-electron chi connectivity index (χ4n) is 4.52. The lowest BCUT2D eigenvalue weighted by Crippen LogP contribution is -2.41. The topological polar surface area (TPSA) is 96.2 Å². The largest absolute Gasteiger partial charge is 0.492 e. The van der Waals surface area contributed by atoms with Gasteiger partial charge in [-0.15, -0.1) is 0 Å². The number of ether oxygens (including phenoxy) is 2. The van der Waals surface area contributed by atoms with Crippen LogP contribution in [0.25, 0.3) is 10.9 Å². The molecule has 1 unspecified atom stereocenters. The van der Waals surface area contributed by atoms with Crippen LogP contribution in [-0.2, 0) is 17.7 Å². The number of nitrogens with one attached hydrogen (secondary N) is 2. The highest BCUT2D eigenvalue weighted by atomic mass is 35.5. The van der Waals surface area contributed by atoms with Crippen LogP contribution in [0.4, 0.5) is 4.79 Å². The lowest BCUT2D eigenvalue weighted by atomic mass is 9.92. The highest BCUT2D eigenvalue weighted by Crippen LogP contribution is 2.39. The number of amides is 1. The van der Waals surface area contributed by atoms with Crippen molar-refractivity contribution in [3.8, 4) is 5.75 Å². The van der Waals surface area contributed by atoms with E-state index >= 15 is 0 Å². The van der Waals surface area contributed by atoms with Gasteiger partial charge in [0, 0.05) is 28.2 Å². The van der Waals surface area contributed by atoms with Crippen LogP contribution in [0.5, 0.6) is 5.75 Å². The van der Waals surface area contributed by atoms with E-state index in [0.29, 0.717) is 36.1 Å². The summed E-state index contributed by atoms with van der Waals surface area (Å²) < 4.78 is 13.1. The molecule has 3 heterocycles. The first-order valence-electron chi connectivity index (χ1n) is 11.9. The fraction of sp³-hybridized carbons (Fsp3) is 0.346. The molecular formula is C26H28ClN5O3S. The number of fused-ring (bicyclic) bond motifs is 3. The average molecular weight is 526 g/mol. The number of aromatic nitrogens is 3. The van der Waals surface area contributed by atoms with Crippen molar-refractivity contribution in [1.82, 2.24) is 19.7 Å². The van der Waals surface area contributed by atoms with E-state index in [-0.39, 0.29) is 18.1 Å². The number of carbonyl (C=O) groups excluding carboxylic acids is 1. The Labute approximate surface area is 217 Å². The highest BCUT2D eigenvalue weighted by Gasteiger charge is 2.35. The number of nitrogens with zero attached hydrogens (tertiary/aromatic N) is 3. The molecule has 0 radical (unpaired) electrons. The summed E-state index contributed by atoms with van der Waals surface area (Å²) in [5.74, 6) is 0.975. The Morgan fingerprint density at radius 2 is 2.08 bits per heavy atom. The lowest BCUT2D eigenvalue weighted by Gasteiger charge is -2.35. The van der Waals surface area contributed by atoms with Crippen molar-refractivity contribution < 1.29 is 14.3 Å². The van der Waals surface area contributed by atoms with Gasteiger partial charge in [-0.25, -0.2) is 9.48 Å². The van der Waals surface area contributed by atoms with Gasteiger partial charge in [0.05, 0.1) is 13.2 Å². The Bertz CT molecular complexity index is 1430. The number of rotatable bonds is 7. The highest BCUT2D eigenvalue weighted by molar-refractivity contribution is 7.06. The molecule has 4 aromatic rings. The molecule has 1 amide bonds. The van der Waals surface area contributed by atoms with E-state index < -0.39 is 0 Å². The SMILES string of the molecule is CC(C)COC(=O)N1CCc2c([nH]c3ccc(Cl)cc23)C1c1ccc(OCCn2ncsc2=N)cc1. The first kappa shape index (κ1) is 24.4. The minimum Gasteiger partial charge on any atom is -0.492 e. The number of hydrogen-bond donors (Lipinski definition) is 2. The summed E-state index contributed by atoms with van der Waals surface area (Å²) in [5.41, 5.74) is 5.77. The van der Waals surface area contributed by atoms with Crippen LogP contribution >= 0.6 is 22.9 Å². The molecule has 2 aromatic heterocycles. The zero-order valence-corrected chi connectivity index (χ0v) is 21.7. The van der Waals surface area contributed by atoms with Crippen LogP contribution in [0.15, 0.2) is 48.0 Å². The van der Waals surface area contributed by atoms with Crippen molar-refractivity contribution in [2.75, 3.05) is 19.8 Å². The molecule has 8 nitrogen and oxygen atoms in total. The Kier molecular flexibility index (Phi) is 7.02. The zero-order valence-electron chi connectivity index (χ0n) is 20.2. The smallest absolute Gasteiger partial charge is 0.410 e. The molecule has 188 valence electrons. The van der Waals surface area contributed by atoms with Gasteiger partial charge < -0.3 is 14.5 Å². The predicted molar refractivity (Wildman–Crippen MR) is 140 cm³/mol. The third kappa shape index (κ3) is 4.99.